The third-order valence-electron chi connectivity index (χ3n) is 3.51. The second kappa shape index (κ2) is 5.99. The Labute approximate surface area is 100 Å². The number of piperidine rings is 1. The minimum absolute atomic E-state index is 0.527. The topological polar surface area (TPSA) is 26.7 Å². The Hall–Kier alpha value is -0.120. The summed E-state index contributed by atoms with van der Waals surface area (Å²) in [5.74, 6) is 0.850. The Bertz CT molecular complexity index is 193. The zero-order valence-corrected chi connectivity index (χ0v) is 11.4. The molecule has 0 bridgehead atoms. The molecular formula is C13H28N2O. The van der Waals surface area contributed by atoms with Crippen molar-refractivity contribution in [3.05, 3.63) is 0 Å². The number of nitrogens with zero attached hydrogens (tertiary/aromatic N) is 2. The van der Waals surface area contributed by atoms with Crippen LogP contribution in [-0.2, 0) is 0 Å². The van der Waals surface area contributed by atoms with E-state index in [1.54, 1.807) is 0 Å². The number of aliphatic hydroxyl groups is 1. The molecule has 1 heterocycles. The molecule has 0 spiro atoms. The fourth-order valence-electron chi connectivity index (χ4n) is 2.24. The van der Waals surface area contributed by atoms with Crippen molar-refractivity contribution in [2.24, 2.45) is 5.92 Å². The molecule has 0 aromatic rings. The Morgan fingerprint density at radius 1 is 1.31 bits per heavy atom. The molecule has 1 N–H and O–H groups in total. The van der Waals surface area contributed by atoms with E-state index in [0.717, 1.165) is 18.9 Å². The van der Waals surface area contributed by atoms with Gasteiger partial charge in [-0.1, -0.05) is 0 Å². The average molecular weight is 228 g/mol. The molecule has 3 heteroatoms. The van der Waals surface area contributed by atoms with Crippen molar-refractivity contribution < 1.29 is 5.11 Å². The molecule has 0 amide bonds. The molecule has 1 aliphatic heterocycles. The monoisotopic (exact) mass is 228 g/mol. The Balaban J connectivity index is 2.16. The van der Waals surface area contributed by atoms with Crippen LogP contribution in [0.2, 0.25) is 0 Å². The Morgan fingerprint density at radius 2 is 1.88 bits per heavy atom. The van der Waals surface area contributed by atoms with Crippen molar-refractivity contribution >= 4 is 0 Å². The third kappa shape index (κ3) is 5.83. The quantitative estimate of drug-likeness (QED) is 0.771. The maximum Gasteiger partial charge on any atom is 0.0603 e. The molecule has 0 unspecified atom stereocenters. The first kappa shape index (κ1) is 13.9. The van der Waals surface area contributed by atoms with Crippen molar-refractivity contribution in [3.8, 4) is 0 Å². The zero-order valence-electron chi connectivity index (χ0n) is 11.4. The summed E-state index contributed by atoms with van der Waals surface area (Å²) in [4.78, 5) is 4.78. The summed E-state index contributed by atoms with van der Waals surface area (Å²) in [6.45, 7) is 8.43. The average Bonchev–Trinajstić information content (AvgIpc) is 2.18. The number of likely N-dealkylation sites (tertiary alicyclic amines) is 1. The van der Waals surface area contributed by atoms with Crippen LogP contribution in [0, 0.1) is 5.92 Å². The van der Waals surface area contributed by atoms with E-state index in [9.17, 15) is 5.11 Å². The van der Waals surface area contributed by atoms with E-state index in [1.807, 2.05) is 13.8 Å². The second-order valence-electron chi connectivity index (χ2n) is 6.07. The molecule has 0 aromatic carbocycles. The Morgan fingerprint density at radius 3 is 2.38 bits per heavy atom. The summed E-state index contributed by atoms with van der Waals surface area (Å²) in [7, 11) is 4.37. The van der Waals surface area contributed by atoms with Gasteiger partial charge in [0.25, 0.3) is 0 Å². The zero-order chi connectivity index (χ0) is 12.2. The van der Waals surface area contributed by atoms with E-state index >= 15 is 0 Å². The van der Waals surface area contributed by atoms with Gasteiger partial charge < -0.3 is 14.9 Å². The van der Waals surface area contributed by atoms with Gasteiger partial charge in [0, 0.05) is 13.1 Å². The minimum atomic E-state index is -0.527. The molecule has 96 valence electrons. The molecule has 0 radical (unpaired) electrons. The molecule has 16 heavy (non-hydrogen) atoms. The van der Waals surface area contributed by atoms with E-state index in [-0.39, 0.29) is 0 Å². The molecular weight excluding hydrogens is 200 g/mol. The van der Waals surface area contributed by atoms with E-state index < -0.39 is 5.60 Å². The molecule has 1 aliphatic rings. The summed E-state index contributed by atoms with van der Waals surface area (Å²) >= 11 is 0. The Kier molecular flexibility index (Phi) is 5.22. The highest BCUT2D eigenvalue weighted by molar-refractivity contribution is 4.74. The first-order chi connectivity index (χ1) is 7.37. The second-order valence-corrected chi connectivity index (χ2v) is 6.07. The lowest BCUT2D eigenvalue weighted by molar-refractivity contribution is 0.0573. The number of hydrogen-bond donors (Lipinski definition) is 1. The summed E-state index contributed by atoms with van der Waals surface area (Å²) in [5, 5.41) is 9.67. The highest BCUT2D eigenvalue weighted by Crippen LogP contribution is 2.17. The van der Waals surface area contributed by atoms with E-state index in [2.05, 4.69) is 23.9 Å². The smallest absolute Gasteiger partial charge is 0.0603 e. The van der Waals surface area contributed by atoms with Gasteiger partial charge in [-0.3, -0.25) is 0 Å². The SMILES string of the molecule is CN1CCC(CN(C)CCC(C)(C)O)CC1. The molecule has 3 nitrogen and oxygen atoms in total. The maximum atomic E-state index is 9.67. The maximum absolute atomic E-state index is 9.67. The first-order valence-corrected chi connectivity index (χ1v) is 6.46. The third-order valence-corrected chi connectivity index (χ3v) is 3.51. The van der Waals surface area contributed by atoms with Crippen LogP contribution in [0.15, 0.2) is 0 Å². The summed E-state index contributed by atoms with van der Waals surface area (Å²) in [6, 6.07) is 0. The lowest BCUT2D eigenvalue weighted by Gasteiger charge is -2.32. The van der Waals surface area contributed by atoms with Crippen molar-refractivity contribution in [2.75, 3.05) is 40.3 Å². The van der Waals surface area contributed by atoms with Gasteiger partial charge in [-0.25, -0.2) is 0 Å². The highest BCUT2D eigenvalue weighted by Gasteiger charge is 2.19. The summed E-state index contributed by atoms with van der Waals surface area (Å²) in [6.07, 6.45) is 3.50. The van der Waals surface area contributed by atoms with Gasteiger partial charge in [0.05, 0.1) is 5.60 Å². The van der Waals surface area contributed by atoms with Crippen LogP contribution < -0.4 is 0 Å². The van der Waals surface area contributed by atoms with Gasteiger partial charge in [-0.05, 0) is 66.2 Å². The fourth-order valence-corrected chi connectivity index (χ4v) is 2.24. The lowest BCUT2D eigenvalue weighted by Crippen LogP contribution is -2.37. The van der Waals surface area contributed by atoms with Crippen molar-refractivity contribution in [3.63, 3.8) is 0 Å². The first-order valence-electron chi connectivity index (χ1n) is 6.46. The van der Waals surface area contributed by atoms with Crippen molar-refractivity contribution in [1.29, 1.82) is 0 Å². The normalized spacial score (nSPS) is 20.6. The van der Waals surface area contributed by atoms with Crippen LogP contribution in [0.4, 0.5) is 0 Å². The molecule has 0 aromatic heterocycles. The van der Waals surface area contributed by atoms with Gasteiger partial charge in [0.1, 0.15) is 0 Å². The molecule has 1 fully saturated rings. The van der Waals surface area contributed by atoms with E-state index in [1.165, 1.54) is 32.5 Å². The molecule has 0 atom stereocenters. The van der Waals surface area contributed by atoms with Crippen LogP contribution in [0.1, 0.15) is 33.1 Å². The van der Waals surface area contributed by atoms with E-state index in [4.69, 9.17) is 0 Å². The molecule has 1 saturated heterocycles. The summed E-state index contributed by atoms with van der Waals surface area (Å²) in [5.41, 5.74) is -0.527. The van der Waals surface area contributed by atoms with Crippen molar-refractivity contribution in [1.82, 2.24) is 9.80 Å². The summed E-state index contributed by atoms with van der Waals surface area (Å²) < 4.78 is 0. The number of rotatable bonds is 5. The minimum Gasteiger partial charge on any atom is -0.390 e. The van der Waals surface area contributed by atoms with E-state index in [0.29, 0.717) is 0 Å². The van der Waals surface area contributed by atoms with Gasteiger partial charge in [-0.2, -0.15) is 0 Å². The standard InChI is InChI=1S/C13H28N2O/c1-13(2,16)7-10-15(4)11-12-5-8-14(3)9-6-12/h12,16H,5-11H2,1-4H3. The van der Waals surface area contributed by atoms with Gasteiger partial charge >= 0.3 is 0 Å². The lowest BCUT2D eigenvalue weighted by atomic mass is 9.96. The van der Waals surface area contributed by atoms with Gasteiger partial charge in [0.15, 0.2) is 0 Å². The number of hydrogen-bond acceptors (Lipinski definition) is 3. The van der Waals surface area contributed by atoms with Crippen LogP contribution in [0.25, 0.3) is 0 Å². The predicted molar refractivity (Wildman–Crippen MR) is 68.6 cm³/mol. The fraction of sp³-hybridized carbons (Fsp3) is 1.00. The van der Waals surface area contributed by atoms with Crippen LogP contribution in [0.5, 0.6) is 0 Å². The largest absolute Gasteiger partial charge is 0.390 e. The predicted octanol–water partition coefficient (Wildman–Crippen LogP) is 1.42. The molecule has 0 saturated carbocycles. The van der Waals surface area contributed by atoms with Crippen LogP contribution in [0.3, 0.4) is 0 Å². The van der Waals surface area contributed by atoms with Gasteiger partial charge in [-0.15, -0.1) is 0 Å². The van der Waals surface area contributed by atoms with Crippen molar-refractivity contribution in [2.45, 2.75) is 38.7 Å². The van der Waals surface area contributed by atoms with Crippen LogP contribution in [-0.4, -0.2) is 60.8 Å². The molecule has 1 rings (SSSR count). The van der Waals surface area contributed by atoms with Crippen LogP contribution >= 0.6 is 0 Å². The molecule has 0 aliphatic carbocycles. The van der Waals surface area contributed by atoms with Gasteiger partial charge in [0.2, 0.25) is 0 Å². The highest BCUT2D eigenvalue weighted by atomic mass is 16.3.